The lowest BCUT2D eigenvalue weighted by Crippen LogP contribution is -2.23. The minimum atomic E-state index is -4.35. The van der Waals surface area contributed by atoms with Crippen molar-refractivity contribution in [2.45, 2.75) is 31.5 Å². The SMILES string of the molecule is O=C(CCNC1CC1)Nc1ccc(C(F)(F)F)cc1. The maximum Gasteiger partial charge on any atom is 0.416 e. The number of rotatable bonds is 5. The van der Waals surface area contributed by atoms with E-state index in [2.05, 4.69) is 10.6 Å². The molecule has 2 rings (SSSR count). The number of hydrogen-bond acceptors (Lipinski definition) is 2. The number of carbonyl (C=O) groups is 1. The van der Waals surface area contributed by atoms with Crippen LogP contribution in [0.3, 0.4) is 0 Å². The maximum absolute atomic E-state index is 12.3. The Labute approximate surface area is 109 Å². The van der Waals surface area contributed by atoms with Gasteiger partial charge in [-0.25, -0.2) is 0 Å². The molecule has 0 atom stereocenters. The summed E-state index contributed by atoms with van der Waals surface area (Å²) in [7, 11) is 0. The predicted octanol–water partition coefficient (Wildman–Crippen LogP) is 2.79. The Hall–Kier alpha value is -1.56. The standard InChI is InChI=1S/C13H15F3N2O/c14-13(15,16)9-1-3-11(4-2-9)18-12(19)7-8-17-10-5-6-10/h1-4,10,17H,5-8H2,(H,18,19). The monoisotopic (exact) mass is 272 g/mol. The molecule has 0 heterocycles. The summed E-state index contributed by atoms with van der Waals surface area (Å²) in [4.78, 5) is 11.5. The molecule has 0 unspecified atom stereocenters. The smallest absolute Gasteiger partial charge is 0.326 e. The first-order valence-electron chi connectivity index (χ1n) is 6.15. The second-order valence-corrected chi connectivity index (χ2v) is 4.60. The summed E-state index contributed by atoms with van der Waals surface area (Å²) in [5.74, 6) is -0.201. The largest absolute Gasteiger partial charge is 0.416 e. The van der Waals surface area contributed by atoms with Gasteiger partial charge in [0, 0.05) is 24.7 Å². The Kier molecular flexibility index (Phi) is 4.09. The molecule has 1 aliphatic carbocycles. The molecule has 0 radical (unpaired) electrons. The number of carbonyl (C=O) groups excluding carboxylic acids is 1. The van der Waals surface area contributed by atoms with Crippen LogP contribution >= 0.6 is 0 Å². The van der Waals surface area contributed by atoms with E-state index in [-0.39, 0.29) is 5.91 Å². The third kappa shape index (κ3) is 4.55. The number of alkyl halides is 3. The van der Waals surface area contributed by atoms with E-state index in [1.165, 1.54) is 12.1 Å². The average Bonchev–Trinajstić information content (AvgIpc) is 3.12. The fourth-order valence-electron chi connectivity index (χ4n) is 1.64. The van der Waals surface area contributed by atoms with E-state index in [0.717, 1.165) is 25.0 Å². The topological polar surface area (TPSA) is 41.1 Å². The second kappa shape index (κ2) is 5.61. The molecule has 0 aliphatic heterocycles. The van der Waals surface area contributed by atoms with Crippen molar-refractivity contribution in [3.8, 4) is 0 Å². The molecule has 1 aliphatic rings. The molecule has 1 fully saturated rings. The molecule has 3 nitrogen and oxygen atoms in total. The highest BCUT2D eigenvalue weighted by Crippen LogP contribution is 2.29. The van der Waals surface area contributed by atoms with Crippen LogP contribution in [0.15, 0.2) is 24.3 Å². The van der Waals surface area contributed by atoms with Gasteiger partial charge in [0.1, 0.15) is 0 Å². The predicted molar refractivity (Wildman–Crippen MR) is 65.7 cm³/mol. The molecule has 0 spiro atoms. The zero-order valence-electron chi connectivity index (χ0n) is 10.3. The second-order valence-electron chi connectivity index (χ2n) is 4.60. The average molecular weight is 272 g/mol. The highest BCUT2D eigenvalue weighted by molar-refractivity contribution is 5.90. The molecule has 1 amide bonds. The Morgan fingerprint density at radius 3 is 2.37 bits per heavy atom. The van der Waals surface area contributed by atoms with E-state index in [0.29, 0.717) is 24.7 Å². The normalized spacial score (nSPS) is 15.3. The van der Waals surface area contributed by atoms with Gasteiger partial charge in [0.25, 0.3) is 0 Å². The summed E-state index contributed by atoms with van der Waals surface area (Å²) < 4.78 is 37.0. The van der Waals surface area contributed by atoms with Crippen LogP contribution in [0.1, 0.15) is 24.8 Å². The third-order valence-electron chi connectivity index (χ3n) is 2.86. The molecule has 19 heavy (non-hydrogen) atoms. The molecule has 0 aromatic heterocycles. The van der Waals surface area contributed by atoms with Crippen molar-refractivity contribution in [1.82, 2.24) is 5.32 Å². The van der Waals surface area contributed by atoms with Crippen molar-refractivity contribution in [2.75, 3.05) is 11.9 Å². The van der Waals surface area contributed by atoms with Gasteiger partial charge in [0.05, 0.1) is 5.56 Å². The van der Waals surface area contributed by atoms with Crippen molar-refractivity contribution in [2.24, 2.45) is 0 Å². The van der Waals surface area contributed by atoms with Crippen LogP contribution in [0.5, 0.6) is 0 Å². The fraction of sp³-hybridized carbons (Fsp3) is 0.462. The summed E-state index contributed by atoms with van der Waals surface area (Å²) in [6.45, 7) is 0.594. The molecule has 1 aromatic rings. The van der Waals surface area contributed by atoms with Gasteiger partial charge in [-0.1, -0.05) is 0 Å². The van der Waals surface area contributed by atoms with Crippen LogP contribution in [0.25, 0.3) is 0 Å². The number of hydrogen-bond donors (Lipinski definition) is 2. The van der Waals surface area contributed by atoms with Gasteiger partial charge in [-0.2, -0.15) is 13.2 Å². The lowest BCUT2D eigenvalue weighted by Gasteiger charge is -2.09. The Morgan fingerprint density at radius 1 is 1.21 bits per heavy atom. The quantitative estimate of drug-likeness (QED) is 0.865. The van der Waals surface area contributed by atoms with E-state index >= 15 is 0 Å². The van der Waals surface area contributed by atoms with Crippen molar-refractivity contribution >= 4 is 11.6 Å². The Morgan fingerprint density at radius 2 is 1.84 bits per heavy atom. The van der Waals surface area contributed by atoms with Crippen LogP contribution in [-0.2, 0) is 11.0 Å². The molecule has 6 heteroatoms. The van der Waals surface area contributed by atoms with Gasteiger partial charge in [0.15, 0.2) is 0 Å². The number of nitrogens with one attached hydrogen (secondary N) is 2. The van der Waals surface area contributed by atoms with E-state index in [4.69, 9.17) is 0 Å². The van der Waals surface area contributed by atoms with Crippen molar-refractivity contribution in [1.29, 1.82) is 0 Å². The van der Waals surface area contributed by atoms with Crippen LogP contribution in [-0.4, -0.2) is 18.5 Å². The Bertz CT molecular complexity index is 438. The molecule has 1 aromatic carbocycles. The molecular formula is C13H15F3N2O. The minimum Gasteiger partial charge on any atom is -0.326 e. The van der Waals surface area contributed by atoms with Crippen LogP contribution in [0.2, 0.25) is 0 Å². The van der Waals surface area contributed by atoms with Crippen LogP contribution in [0.4, 0.5) is 18.9 Å². The summed E-state index contributed by atoms with van der Waals surface area (Å²) in [6.07, 6.45) is -1.73. The van der Waals surface area contributed by atoms with Crippen LogP contribution in [0, 0.1) is 0 Å². The van der Waals surface area contributed by atoms with Crippen LogP contribution < -0.4 is 10.6 Å². The highest BCUT2D eigenvalue weighted by Gasteiger charge is 2.29. The molecule has 0 bridgehead atoms. The first kappa shape index (κ1) is 13.9. The number of amides is 1. The lowest BCUT2D eigenvalue weighted by molar-refractivity contribution is -0.137. The van der Waals surface area contributed by atoms with Crippen molar-refractivity contribution in [3.05, 3.63) is 29.8 Å². The summed E-state index contributed by atoms with van der Waals surface area (Å²) in [5.41, 5.74) is -0.342. The van der Waals surface area contributed by atoms with E-state index in [9.17, 15) is 18.0 Å². The first-order valence-corrected chi connectivity index (χ1v) is 6.15. The molecule has 2 N–H and O–H groups in total. The van der Waals surface area contributed by atoms with Gasteiger partial charge >= 0.3 is 6.18 Å². The maximum atomic E-state index is 12.3. The van der Waals surface area contributed by atoms with Crippen molar-refractivity contribution < 1.29 is 18.0 Å². The first-order chi connectivity index (χ1) is 8.95. The number of benzene rings is 1. The van der Waals surface area contributed by atoms with Gasteiger partial charge in [0.2, 0.25) is 5.91 Å². The lowest BCUT2D eigenvalue weighted by atomic mass is 10.2. The van der Waals surface area contributed by atoms with E-state index in [1.807, 2.05) is 0 Å². The minimum absolute atomic E-state index is 0.201. The highest BCUT2D eigenvalue weighted by atomic mass is 19.4. The van der Waals surface area contributed by atoms with Gasteiger partial charge in [-0.15, -0.1) is 0 Å². The van der Waals surface area contributed by atoms with E-state index in [1.54, 1.807) is 0 Å². The van der Waals surface area contributed by atoms with Gasteiger partial charge in [-0.3, -0.25) is 4.79 Å². The molecule has 104 valence electrons. The summed E-state index contributed by atoms with van der Waals surface area (Å²) in [5, 5.41) is 5.76. The summed E-state index contributed by atoms with van der Waals surface area (Å²) >= 11 is 0. The zero-order valence-corrected chi connectivity index (χ0v) is 10.3. The van der Waals surface area contributed by atoms with Crippen molar-refractivity contribution in [3.63, 3.8) is 0 Å². The fourth-order valence-corrected chi connectivity index (χ4v) is 1.64. The zero-order chi connectivity index (χ0) is 13.9. The Balaban J connectivity index is 1.79. The number of anilines is 1. The molecule has 0 saturated heterocycles. The van der Waals surface area contributed by atoms with Gasteiger partial charge < -0.3 is 10.6 Å². The third-order valence-corrected chi connectivity index (χ3v) is 2.86. The van der Waals surface area contributed by atoms with E-state index < -0.39 is 11.7 Å². The molecule has 1 saturated carbocycles. The van der Waals surface area contributed by atoms with Gasteiger partial charge in [-0.05, 0) is 37.1 Å². The summed E-state index contributed by atoms with van der Waals surface area (Å²) in [6, 6.07) is 4.97. The molecular weight excluding hydrogens is 257 g/mol. The number of halogens is 3.